The number of hydrogen-bond donors (Lipinski definition) is 1. The highest BCUT2D eigenvalue weighted by molar-refractivity contribution is 6.30. The quantitative estimate of drug-likeness (QED) is 0.482. The van der Waals surface area contributed by atoms with Crippen LogP contribution in [0.3, 0.4) is 0 Å². The number of unbranched alkanes of at least 4 members (excludes halogenated alkanes) is 1. The van der Waals surface area contributed by atoms with Crippen LogP contribution in [0, 0.1) is 5.92 Å². The van der Waals surface area contributed by atoms with Crippen molar-refractivity contribution >= 4 is 23.2 Å². The van der Waals surface area contributed by atoms with Gasteiger partial charge in [-0.3, -0.25) is 9.69 Å². The smallest absolute Gasteiger partial charge is 0.241 e. The maximum Gasteiger partial charge on any atom is 0.241 e. The number of nitrogens with zero attached hydrogens (tertiary/aromatic N) is 3. The van der Waals surface area contributed by atoms with Crippen molar-refractivity contribution in [2.24, 2.45) is 5.92 Å². The Morgan fingerprint density at radius 3 is 2.53 bits per heavy atom. The Kier molecular flexibility index (Phi) is 7.55. The van der Waals surface area contributed by atoms with Gasteiger partial charge in [-0.05, 0) is 80.7 Å². The molecule has 32 heavy (non-hydrogen) atoms. The Morgan fingerprint density at radius 2 is 1.84 bits per heavy atom. The highest BCUT2D eigenvalue weighted by Gasteiger charge is 2.26. The number of hydrogen-bond acceptors (Lipinski definition) is 5. The number of carbonyl (C=O) groups excluding carboxylic acids is 1. The van der Waals surface area contributed by atoms with Crippen LogP contribution in [0.2, 0.25) is 5.02 Å². The third kappa shape index (κ3) is 5.96. The number of carbonyl (C=O) groups is 1. The molecule has 0 saturated carbocycles. The third-order valence-electron chi connectivity index (χ3n) is 5.93. The van der Waals surface area contributed by atoms with Crippen LogP contribution in [0.1, 0.15) is 44.1 Å². The molecule has 0 atom stereocenters. The number of aryl methyl sites for hydroxylation is 1. The molecule has 0 unspecified atom stereocenters. The van der Waals surface area contributed by atoms with Crippen LogP contribution in [-0.4, -0.2) is 34.0 Å². The molecule has 1 aliphatic rings. The Balaban J connectivity index is 1.24. The van der Waals surface area contributed by atoms with E-state index in [0.29, 0.717) is 23.3 Å². The number of piperidine rings is 1. The van der Waals surface area contributed by atoms with Gasteiger partial charge in [0, 0.05) is 22.2 Å². The van der Waals surface area contributed by atoms with Crippen molar-refractivity contribution in [3.8, 4) is 11.4 Å². The fourth-order valence-electron chi connectivity index (χ4n) is 3.96. The zero-order valence-electron chi connectivity index (χ0n) is 18.4. The summed E-state index contributed by atoms with van der Waals surface area (Å²) >= 11 is 5.94. The lowest BCUT2D eigenvalue weighted by Crippen LogP contribution is -2.37. The Morgan fingerprint density at radius 1 is 1.12 bits per heavy atom. The molecule has 0 bridgehead atoms. The molecule has 7 heteroatoms. The first-order valence-corrected chi connectivity index (χ1v) is 11.7. The molecule has 1 fully saturated rings. The molecule has 1 N–H and O–H groups in total. The first-order valence-electron chi connectivity index (χ1n) is 11.3. The van der Waals surface area contributed by atoms with Crippen LogP contribution < -0.4 is 5.32 Å². The van der Waals surface area contributed by atoms with Gasteiger partial charge in [0.2, 0.25) is 17.6 Å². The SMILES string of the molecule is CCCCc1ccc(NC(=O)C2CCN(Cc3nc(-c4ccc(Cl)cc4)no3)CC2)cc1. The molecule has 0 spiro atoms. The zero-order chi connectivity index (χ0) is 22.3. The predicted octanol–water partition coefficient (Wildman–Crippen LogP) is 5.58. The predicted molar refractivity (Wildman–Crippen MR) is 126 cm³/mol. The molecule has 1 aromatic heterocycles. The number of rotatable bonds is 8. The molecule has 168 valence electrons. The fraction of sp³-hybridized carbons (Fsp3) is 0.400. The molecule has 2 aromatic carbocycles. The van der Waals surface area contributed by atoms with E-state index in [1.807, 2.05) is 36.4 Å². The summed E-state index contributed by atoms with van der Waals surface area (Å²) < 4.78 is 5.42. The van der Waals surface area contributed by atoms with Gasteiger partial charge < -0.3 is 9.84 Å². The summed E-state index contributed by atoms with van der Waals surface area (Å²) in [6.07, 6.45) is 5.10. The maximum atomic E-state index is 12.7. The lowest BCUT2D eigenvalue weighted by Gasteiger charge is -2.30. The van der Waals surface area contributed by atoms with E-state index in [4.69, 9.17) is 16.1 Å². The van der Waals surface area contributed by atoms with Gasteiger partial charge in [-0.15, -0.1) is 0 Å². The standard InChI is InChI=1S/C25H29ClN4O2/c1-2-3-4-18-5-11-22(12-6-18)27-25(31)20-13-15-30(16-14-20)17-23-28-24(29-32-23)19-7-9-21(26)10-8-19/h5-12,20H,2-4,13-17H2,1H3,(H,27,31). The second-order valence-electron chi connectivity index (χ2n) is 8.36. The third-order valence-corrected chi connectivity index (χ3v) is 6.18. The number of amides is 1. The molecule has 6 nitrogen and oxygen atoms in total. The normalized spacial score (nSPS) is 15.1. The fourth-order valence-corrected chi connectivity index (χ4v) is 4.09. The zero-order valence-corrected chi connectivity index (χ0v) is 19.1. The summed E-state index contributed by atoms with van der Waals surface area (Å²) in [5.41, 5.74) is 3.06. The van der Waals surface area contributed by atoms with Gasteiger partial charge in [0.05, 0.1) is 6.54 Å². The topological polar surface area (TPSA) is 71.3 Å². The summed E-state index contributed by atoms with van der Waals surface area (Å²) in [6, 6.07) is 15.6. The number of halogens is 1. The number of likely N-dealkylation sites (tertiary alicyclic amines) is 1. The van der Waals surface area contributed by atoms with Gasteiger partial charge >= 0.3 is 0 Å². The first-order chi connectivity index (χ1) is 15.6. The average molecular weight is 453 g/mol. The molecule has 1 amide bonds. The van der Waals surface area contributed by atoms with Gasteiger partial charge in [-0.2, -0.15) is 4.98 Å². The van der Waals surface area contributed by atoms with E-state index >= 15 is 0 Å². The second-order valence-corrected chi connectivity index (χ2v) is 8.80. The van der Waals surface area contributed by atoms with Crippen LogP contribution in [0.4, 0.5) is 5.69 Å². The van der Waals surface area contributed by atoms with E-state index in [1.165, 1.54) is 18.4 Å². The van der Waals surface area contributed by atoms with Gasteiger partial charge in [-0.1, -0.05) is 42.2 Å². The van der Waals surface area contributed by atoms with E-state index < -0.39 is 0 Å². The summed E-state index contributed by atoms with van der Waals surface area (Å²) in [7, 11) is 0. The van der Waals surface area contributed by atoms with Crippen molar-refractivity contribution in [3.05, 3.63) is 65.0 Å². The summed E-state index contributed by atoms with van der Waals surface area (Å²) in [5.74, 6) is 1.28. The summed E-state index contributed by atoms with van der Waals surface area (Å²) in [4.78, 5) is 19.4. The molecular formula is C25H29ClN4O2. The van der Waals surface area contributed by atoms with E-state index in [2.05, 4.69) is 39.4 Å². The number of aromatic nitrogens is 2. The molecule has 0 aliphatic carbocycles. The molecule has 1 aliphatic heterocycles. The number of anilines is 1. The minimum Gasteiger partial charge on any atom is -0.338 e. The molecule has 0 radical (unpaired) electrons. The van der Waals surface area contributed by atoms with E-state index in [-0.39, 0.29) is 11.8 Å². The Labute approximate surface area is 194 Å². The van der Waals surface area contributed by atoms with Crippen LogP contribution >= 0.6 is 11.6 Å². The highest BCUT2D eigenvalue weighted by atomic mass is 35.5. The molecule has 3 aromatic rings. The van der Waals surface area contributed by atoms with Crippen molar-refractivity contribution in [3.63, 3.8) is 0 Å². The van der Waals surface area contributed by atoms with E-state index in [0.717, 1.165) is 43.6 Å². The van der Waals surface area contributed by atoms with E-state index in [1.54, 1.807) is 0 Å². The van der Waals surface area contributed by atoms with Gasteiger partial charge in [0.15, 0.2) is 0 Å². The van der Waals surface area contributed by atoms with Gasteiger partial charge in [0.1, 0.15) is 0 Å². The lowest BCUT2D eigenvalue weighted by atomic mass is 9.95. The number of nitrogens with one attached hydrogen (secondary N) is 1. The van der Waals surface area contributed by atoms with Crippen LogP contribution in [0.25, 0.3) is 11.4 Å². The van der Waals surface area contributed by atoms with Crippen LogP contribution in [0.5, 0.6) is 0 Å². The first kappa shape index (κ1) is 22.5. The molecule has 1 saturated heterocycles. The van der Waals surface area contributed by atoms with Crippen LogP contribution in [0.15, 0.2) is 53.1 Å². The second kappa shape index (κ2) is 10.7. The van der Waals surface area contributed by atoms with Crippen molar-refractivity contribution < 1.29 is 9.32 Å². The minimum atomic E-state index is 0.0262. The van der Waals surface area contributed by atoms with Crippen molar-refractivity contribution in [2.45, 2.75) is 45.6 Å². The number of benzene rings is 2. The Bertz CT molecular complexity index is 1010. The maximum absolute atomic E-state index is 12.7. The van der Waals surface area contributed by atoms with Gasteiger partial charge in [0.25, 0.3) is 0 Å². The molecule has 2 heterocycles. The van der Waals surface area contributed by atoms with Crippen molar-refractivity contribution in [1.82, 2.24) is 15.0 Å². The van der Waals surface area contributed by atoms with E-state index in [9.17, 15) is 4.79 Å². The summed E-state index contributed by atoms with van der Waals surface area (Å²) in [5, 5.41) is 7.83. The monoisotopic (exact) mass is 452 g/mol. The summed E-state index contributed by atoms with van der Waals surface area (Å²) in [6.45, 7) is 4.44. The Hall–Kier alpha value is -2.70. The minimum absolute atomic E-state index is 0.0262. The lowest BCUT2D eigenvalue weighted by molar-refractivity contribution is -0.121. The van der Waals surface area contributed by atoms with Crippen LogP contribution in [-0.2, 0) is 17.8 Å². The molecular weight excluding hydrogens is 424 g/mol. The largest absolute Gasteiger partial charge is 0.338 e. The van der Waals surface area contributed by atoms with Crippen molar-refractivity contribution in [1.29, 1.82) is 0 Å². The molecule has 4 rings (SSSR count). The highest BCUT2D eigenvalue weighted by Crippen LogP contribution is 2.23. The van der Waals surface area contributed by atoms with Gasteiger partial charge in [-0.25, -0.2) is 0 Å². The van der Waals surface area contributed by atoms with Crippen molar-refractivity contribution in [2.75, 3.05) is 18.4 Å². The average Bonchev–Trinajstić information content (AvgIpc) is 3.28.